The van der Waals surface area contributed by atoms with Gasteiger partial charge in [0.15, 0.2) is 21.7 Å². The predicted octanol–water partition coefficient (Wildman–Crippen LogP) is 16.8. The summed E-state index contributed by atoms with van der Waals surface area (Å²) in [6, 6.07) is 59.3. The van der Waals surface area contributed by atoms with Gasteiger partial charge in [0.25, 0.3) is 0 Å². The number of benzene rings is 14. The second-order valence-electron chi connectivity index (χ2n) is 21.6. The third kappa shape index (κ3) is 6.37. The number of rotatable bonds is 0. The van der Waals surface area contributed by atoms with Gasteiger partial charge in [-0.05, 0) is 77.7 Å². The fourth-order valence-electron chi connectivity index (χ4n) is 13.9. The second kappa shape index (κ2) is 17.3. The average Bonchev–Trinajstić information content (AvgIpc) is 3.47. The molecule has 381 valence electrons. The molecule has 18 rings (SSSR count). The Kier molecular flexibility index (Phi) is 10.4. The van der Waals surface area contributed by atoms with E-state index in [1.54, 1.807) is 0 Å². The van der Waals surface area contributed by atoms with Crippen LogP contribution in [0.25, 0.3) is 173 Å². The number of aromatic nitrogens is 4. The van der Waals surface area contributed by atoms with Crippen LogP contribution in [-0.4, -0.2) is 19.9 Å². The van der Waals surface area contributed by atoms with Gasteiger partial charge in [0.2, 0.25) is 0 Å². The largest absolute Gasteiger partial charge is 0.377 e. The van der Waals surface area contributed by atoms with Crippen LogP contribution in [0.1, 0.15) is 24.1 Å². The maximum absolute atomic E-state index is 14.4. The van der Waals surface area contributed by atoms with E-state index in [0.29, 0.717) is 54.1 Å². The van der Waals surface area contributed by atoms with Crippen molar-refractivity contribution in [3.63, 3.8) is 0 Å². The Morgan fingerprint density at radius 3 is 0.988 bits per heavy atom. The van der Waals surface area contributed by atoms with Gasteiger partial charge >= 0.3 is 0 Å². The molecule has 8 nitrogen and oxygen atoms in total. The van der Waals surface area contributed by atoms with E-state index >= 15 is 0 Å². The van der Waals surface area contributed by atoms with Gasteiger partial charge in [0.1, 0.15) is 0 Å². The summed E-state index contributed by atoms with van der Waals surface area (Å²) in [6.45, 7) is 6.21. The Hall–Kier alpha value is -9.34. The summed E-state index contributed by atoms with van der Waals surface area (Å²) in [7, 11) is 0. The van der Waals surface area contributed by atoms with E-state index in [1.807, 2.05) is 115 Å². The zero-order valence-corrected chi connectivity index (χ0v) is 46.2. The van der Waals surface area contributed by atoms with Crippen LogP contribution in [0, 0.1) is 26.8 Å². The second-order valence-corrected chi connectivity index (χ2v) is 21.6. The quantitative estimate of drug-likeness (QED) is 0.0684. The molecule has 1 radical (unpaired) electrons. The number of pyridine rings is 4. The van der Waals surface area contributed by atoms with E-state index in [4.69, 9.17) is 0 Å². The molecular weight excluding hydrogens is 1070 g/mol. The molecule has 0 aliphatic heterocycles. The molecule has 0 saturated heterocycles. The van der Waals surface area contributed by atoms with Gasteiger partial charge in [-0.1, -0.05) is 151 Å². The van der Waals surface area contributed by atoms with Crippen molar-refractivity contribution in [1.29, 1.82) is 0 Å². The van der Waals surface area contributed by atoms with Gasteiger partial charge in [-0.15, -0.1) is 11.5 Å². The molecule has 4 aromatic heterocycles. The van der Waals surface area contributed by atoms with Crippen molar-refractivity contribution in [3.8, 4) is 0 Å². The van der Waals surface area contributed by atoms with Crippen LogP contribution >= 0.6 is 0 Å². The van der Waals surface area contributed by atoms with Crippen molar-refractivity contribution in [3.05, 3.63) is 234 Å². The maximum atomic E-state index is 14.4. The third-order valence-electron chi connectivity index (χ3n) is 17.2. The molecule has 0 saturated carbocycles. The van der Waals surface area contributed by atoms with Crippen molar-refractivity contribution in [1.82, 2.24) is 19.9 Å². The monoisotopic (exact) mass is 1120 g/mol. The van der Waals surface area contributed by atoms with Gasteiger partial charge in [-0.2, -0.15) is 18.2 Å². The van der Waals surface area contributed by atoms with Gasteiger partial charge in [0.05, 0.1) is 43.6 Å². The topological polar surface area (TPSA) is 131 Å². The van der Waals surface area contributed by atoms with Gasteiger partial charge in [-0.25, -0.2) is 0 Å². The molecule has 4 N–H and O–H groups in total. The van der Waals surface area contributed by atoms with Crippen LogP contribution in [0.2, 0.25) is 0 Å². The molecule has 0 aliphatic rings. The van der Waals surface area contributed by atoms with Crippen molar-refractivity contribution < 1.29 is 32.7 Å². The molecule has 9 heteroatoms. The minimum atomic E-state index is -0.0396. The SMILES string of the molecule is C.Cc1ccc2[nH]c3c4c(=O)c5ccccc5c5c6c[c-]ccc6[nH]c(c6c(=O)c7ccccc7c(c2c1)c36)c45.Cc1ccc2c(c1)[nH]c1c3c(=O)c4ccccc4c4c5ccc(C)cc5[nH]c(c5c(=O)c6ccccc6c2c15)c34.[Y]. The molecule has 4 heterocycles. The van der Waals surface area contributed by atoms with Gasteiger partial charge in [-0.3, -0.25) is 19.2 Å². The number of aryl methyl sites for hydroxylation is 3. The molecular formula is C72H45N4O4Y-. The number of hydrogen-bond donors (Lipinski definition) is 4. The molecule has 0 unspecified atom stereocenters. The van der Waals surface area contributed by atoms with Crippen LogP contribution in [0.4, 0.5) is 0 Å². The number of aromatic amines is 4. The Labute approximate surface area is 484 Å². The molecule has 81 heavy (non-hydrogen) atoms. The smallest absolute Gasteiger partial charge is 0.196 e. The molecule has 0 aliphatic carbocycles. The Morgan fingerprint density at radius 1 is 0.284 bits per heavy atom. The molecule has 0 atom stereocenters. The number of fused-ring (bicyclic) bond motifs is 20. The summed E-state index contributed by atoms with van der Waals surface area (Å²) < 4.78 is 0. The first-order chi connectivity index (χ1) is 38.6. The van der Waals surface area contributed by atoms with Crippen LogP contribution in [-0.2, 0) is 32.7 Å². The summed E-state index contributed by atoms with van der Waals surface area (Å²) in [5.41, 5.74) is 9.82. The van der Waals surface area contributed by atoms with Crippen molar-refractivity contribution in [2.75, 3.05) is 0 Å². The molecule has 18 aromatic rings. The van der Waals surface area contributed by atoms with Crippen LogP contribution in [0.15, 0.2) is 189 Å². The normalized spacial score (nSPS) is 12.1. The minimum Gasteiger partial charge on any atom is -0.377 e. The fraction of sp³-hybridized carbons (Fsp3) is 0.0556. The average molecular weight is 1120 g/mol. The summed E-state index contributed by atoms with van der Waals surface area (Å²) in [5, 5.41) is 20.0. The summed E-state index contributed by atoms with van der Waals surface area (Å²) in [5.74, 6) is 0. The van der Waals surface area contributed by atoms with E-state index in [1.165, 1.54) is 0 Å². The van der Waals surface area contributed by atoms with Crippen molar-refractivity contribution in [2.24, 2.45) is 0 Å². The first-order valence-electron chi connectivity index (χ1n) is 26.6. The summed E-state index contributed by atoms with van der Waals surface area (Å²) >= 11 is 0. The van der Waals surface area contributed by atoms with Crippen LogP contribution in [0.3, 0.4) is 0 Å². The summed E-state index contributed by atoms with van der Waals surface area (Å²) in [4.78, 5) is 72.2. The maximum Gasteiger partial charge on any atom is 0.196 e. The third-order valence-corrected chi connectivity index (χ3v) is 17.2. The molecule has 14 aromatic carbocycles. The van der Waals surface area contributed by atoms with Crippen molar-refractivity contribution in [2.45, 2.75) is 28.2 Å². The van der Waals surface area contributed by atoms with E-state index < -0.39 is 0 Å². The fourth-order valence-corrected chi connectivity index (χ4v) is 13.9. The first-order valence-corrected chi connectivity index (χ1v) is 26.6. The van der Waals surface area contributed by atoms with E-state index in [2.05, 4.69) is 101 Å². The number of nitrogens with one attached hydrogen (secondary N) is 4. The van der Waals surface area contributed by atoms with Crippen LogP contribution < -0.4 is 21.7 Å². The standard InChI is InChI=1S/C36H22N2O2.C35H19N2O2.CH4.Y/c1-17-11-13-23-25(15-17)37-33-29-27(23)19-7-3-5-9-21(19)36(40)32(29)34-30-28(24-14-12-18(2)16-26(24)38-34)20-8-4-6-10-22(20)35(39)31(30)33;1-17-14-15-25-23(16-17)27-19-9-3-5-11-21(19)35(39)31-29(27)33(37-25)30-28-26(18-8-2-4-10-20(18)34(30)38)22-12-6-7-13-24(22)36-32(28)31;;/h3-16,37-38H,1-2H3;2-5,7-16,36-37H,1H3;1H4;/q;-1;;. The molecule has 0 spiro atoms. The predicted molar refractivity (Wildman–Crippen MR) is 338 cm³/mol. The van der Waals surface area contributed by atoms with Gasteiger partial charge < -0.3 is 19.9 Å². The minimum absolute atomic E-state index is 0. The Balaban J connectivity index is 0.000000136. The summed E-state index contributed by atoms with van der Waals surface area (Å²) in [6.07, 6.45) is 0. The zero-order valence-electron chi connectivity index (χ0n) is 43.4. The zero-order chi connectivity index (χ0) is 52.9. The number of H-pyrrole nitrogens is 4. The van der Waals surface area contributed by atoms with E-state index in [0.717, 1.165) is 136 Å². The molecule has 0 bridgehead atoms. The van der Waals surface area contributed by atoms with Crippen LogP contribution in [0.5, 0.6) is 0 Å². The Bertz CT molecular complexity index is 5940. The van der Waals surface area contributed by atoms with Gasteiger partial charge in [0, 0.05) is 125 Å². The first kappa shape index (κ1) is 48.8. The van der Waals surface area contributed by atoms with Crippen molar-refractivity contribution >= 4 is 173 Å². The van der Waals surface area contributed by atoms with E-state index in [9.17, 15) is 19.2 Å². The Morgan fingerprint density at radius 2 is 0.593 bits per heavy atom. The number of hydrogen-bond acceptors (Lipinski definition) is 4. The molecule has 0 amide bonds. The molecule has 0 fully saturated rings. The van der Waals surface area contributed by atoms with E-state index in [-0.39, 0.29) is 61.9 Å².